The molecule has 3 rings (SSSR count). The fraction of sp³-hybridized carbons (Fsp3) is 0.154. The summed E-state index contributed by atoms with van der Waals surface area (Å²) in [6, 6.07) is 7.52. The van der Waals surface area contributed by atoms with Gasteiger partial charge in [-0.1, -0.05) is 24.3 Å². The van der Waals surface area contributed by atoms with Crippen LogP contribution in [-0.4, -0.2) is 14.1 Å². The zero-order chi connectivity index (χ0) is 12.9. The number of aryl methyl sites for hydroxylation is 1. The Bertz CT molecular complexity index is 890. The summed E-state index contributed by atoms with van der Waals surface area (Å²) in [6.07, 6.45) is 1.68. The van der Waals surface area contributed by atoms with Crippen molar-refractivity contribution in [1.29, 1.82) is 0 Å². The molecule has 0 aliphatic rings. The zero-order valence-electron chi connectivity index (χ0n) is 10.0. The first-order chi connectivity index (χ1) is 8.61. The molecular weight excluding hydrogens is 230 g/mol. The van der Waals surface area contributed by atoms with Crippen LogP contribution in [0.1, 0.15) is 0 Å². The minimum Gasteiger partial charge on any atom is -0.280 e. The molecule has 0 amide bonds. The Morgan fingerprint density at radius 1 is 1.06 bits per heavy atom. The van der Waals surface area contributed by atoms with Crippen molar-refractivity contribution in [2.24, 2.45) is 14.1 Å². The van der Waals surface area contributed by atoms with Gasteiger partial charge in [0.15, 0.2) is 0 Å². The molecule has 0 saturated carbocycles. The Hall–Kier alpha value is -2.43. The molecule has 0 aliphatic heterocycles. The van der Waals surface area contributed by atoms with E-state index in [-0.39, 0.29) is 11.2 Å². The number of aromatic nitrogens is 3. The lowest BCUT2D eigenvalue weighted by Crippen LogP contribution is -2.37. The van der Waals surface area contributed by atoms with Gasteiger partial charge in [0.25, 0.3) is 5.56 Å². The van der Waals surface area contributed by atoms with Crippen molar-refractivity contribution in [2.75, 3.05) is 0 Å². The summed E-state index contributed by atoms with van der Waals surface area (Å²) in [7, 11) is 3.10. The fourth-order valence-corrected chi connectivity index (χ4v) is 2.19. The van der Waals surface area contributed by atoms with Crippen molar-refractivity contribution in [2.45, 2.75) is 0 Å². The number of hydrogen-bond donors (Lipinski definition) is 0. The minimum atomic E-state index is -0.365. The van der Waals surface area contributed by atoms with Crippen molar-refractivity contribution < 1.29 is 0 Å². The maximum Gasteiger partial charge on any atom is 0.332 e. The molecule has 0 saturated heterocycles. The van der Waals surface area contributed by atoms with Crippen molar-refractivity contribution in [1.82, 2.24) is 14.1 Å². The highest BCUT2D eigenvalue weighted by Crippen LogP contribution is 2.18. The van der Waals surface area contributed by atoms with Gasteiger partial charge in [-0.05, 0) is 5.39 Å². The van der Waals surface area contributed by atoms with Crippen LogP contribution < -0.4 is 11.2 Å². The lowest BCUT2D eigenvalue weighted by molar-refractivity contribution is 0.708. The lowest BCUT2D eigenvalue weighted by Gasteiger charge is -2.08. The topological polar surface area (TPSA) is 56.9 Å². The van der Waals surface area contributed by atoms with Crippen molar-refractivity contribution in [3.63, 3.8) is 0 Å². The SMILES string of the molecule is Cn1c(=O)c2c3ccccc3cnc2n(C)c1=O. The molecular formula is C13H11N3O2. The smallest absolute Gasteiger partial charge is 0.280 e. The summed E-state index contributed by atoms with van der Waals surface area (Å²) < 4.78 is 2.50. The average Bonchev–Trinajstić information content (AvgIpc) is 2.41. The number of nitrogens with zero attached hydrogens (tertiary/aromatic N) is 3. The third-order valence-corrected chi connectivity index (χ3v) is 3.19. The van der Waals surface area contributed by atoms with Crippen molar-refractivity contribution >= 4 is 21.8 Å². The van der Waals surface area contributed by atoms with E-state index in [0.29, 0.717) is 11.0 Å². The summed E-state index contributed by atoms with van der Waals surface area (Å²) in [5.74, 6) is 0. The summed E-state index contributed by atoms with van der Waals surface area (Å²) in [5.41, 5.74) is -0.255. The molecule has 5 nitrogen and oxygen atoms in total. The number of fused-ring (bicyclic) bond motifs is 3. The van der Waals surface area contributed by atoms with Gasteiger partial charge in [-0.25, -0.2) is 9.78 Å². The normalized spacial score (nSPS) is 11.2. The third kappa shape index (κ3) is 1.24. The van der Waals surface area contributed by atoms with Gasteiger partial charge < -0.3 is 0 Å². The molecule has 3 aromatic rings. The fourth-order valence-electron chi connectivity index (χ4n) is 2.19. The summed E-state index contributed by atoms with van der Waals surface area (Å²) in [5, 5.41) is 2.19. The Balaban J connectivity index is 2.76. The zero-order valence-corrected chi connectivity index (χ0v) is 10.0. The Labute approximate surface area is 102 Å². The molecule has 5 heteroatoms. The Kier molecular flexibility index (Phi) is 2.10. The number of pyridine rings is 1. The number of rotatable bonds is 0. The van der Waals surface area contributed by atoms with Crippen LogP contribution in [0.2, 0.25) is 0 Å². The van der Waals surface area contributed by atoms with Crippen LogP contribution in [-0.2, 0) is 14.1 Å². The number of hydrogen-bond acceptors (Lipinski definition) is 3. The second-order valence-electron chi connectivity index (χ2n) is 4.25. The summed E-state index contributed by atoms with van der Waals surface area (Å²) in [4.78, 5) is 28.3. The molecule has 0 spiro atoms. The van der Waals surface area contributed by atoms with E-state index in [9.17, 15) is 9.59 Å². The van der Waals surface area contributed by atoms with Crippen LogP contribution >= 0.6 is 0 Å². The average molecular weight is 241 g/mol. The van der Waals surface area contributed by atoms with E-state index >= 15 is 0 Å². The molecule has 2 heterocycles. The maximum atomic E-state index is 12.2. The van der Waals surface area contributed by atoms with Gasteiger partial charge >= 0.3 is 5.69 Å². The van der Waals surface area contributed by atoms with Gasteiger partial charge in [0.05, 0.1) is 5.39 Å². The molecule has 0 bridgehead atoms. The van der Waals surface area contributed by atoms with Crippen LogP contribution in [0.15, 0.2) is 40.1 Å². The van der Waals surface area contributed by atoms with E-state index in [4.69, 9.17) is 0 Å². The van der Waals surface area contributed by atoms with Crippen molar-refractivity contribution in [3.05, 3.63) is 51.3 Å². The molecule has 0 fully saturated rings. The van der Waals surface area contributed by atoms with Crippen LogP contribution in [0.5, 0.6) is 0 Å². The highest BCUT2D eigenvalue weighted by atomic mass is 16.2. The molecule has 1 aromatic carbocycles. The molecule has 0 atom stereocenters. The van der Waals surface area contributed by atoms with E-state index in [0.717, 1.165) is 15.3 Å². The van der Waals surface area contributed by atoms with E-state index in [2.05, 4.69) is 4.98 Å². The van der Waals surface area contributed by atoms with Gasteiger partial charge in [0.1, 0.15) is 5.65 Å². The van der Waals surface area contributed by atoms with E-state index in [1.54, 1.807) is 13.2 Å². The quantitative estimate of drug-likeness (QED) is 0.547. The van der Waals surface area contributed by atoms with E-state index in [1.165, 1.54) is 11.6 Å². The first-order valence-corrected chi connectivity index (χ1v) is 5.54. The molecule has 0 N–H and O–H groups in total. The van der Waals surface area contributed by atoms with E-state index in [1.807, 2.05) is 24.3 Å². The van der Waals surface area contributed by atoms with E-state index < -0.39 is 0 Å². The largest absolute Gasteiger partial charge is 0.332 e. The predicted molar refractivity (Wildman–Crippen MR) is 69.7 cm³/mol. The highest BCUT2D eigenvalue weighted by molar-refractivity contribution is 6.03. The van der Waals surface area contributed by atoms with Crippen LogP contribution in [0.25, 0.3) is 21.8 Å². The standard InChI is InChI=1S/C13H11N3O2/c1-15-11-10(12(17)16(2)13(15)18)9-6-4-3-5-8(9)7-14-11/h3-7H,1-2H3. The summed E-state index contributed by atoms with van der Waals surface area (Å²) in [6.45, 7) is 0. The molecule has 0 aliphatic carbocycles. The van der Waals surface area contributed by atoms with Crippen molar-refractivity contribution in [3.8, 4) is 0 Å². The van der Waals surface area contributed by atoms with Gasteiger partial charge in [0.2, 0.25) is 0 Å². The predicted octanol–water partition coefficient (Wildman–Crippen LogP) is 0.785. The number of benzene rings is 1. The third-order valence-electron chi connectivity index (χ3n) is 3.19. The van der Waals surface area contributed by atoms with Crippen LogP contribution in [0.3, 0.4) is 0 Å². The minimum absolute atomic E-state index is 0.308. The highest BCUT2D eigenvalue weighted by Gasteiger charge is 2.11. The van der Waals surface area contributed by atoms with Crippen LogP contribution in [0, 0.1) is 0 Å². The second-order valence-corrected chi connectivity index (χ2v) is 4.25. The molecule has 18 heavy (non-hydrogen) atoms. The van der Waals surface area contributed by atoms with Gasteiger partial charge in [-0.15, -0.1) is 0 Å². The monoisotopic (exact) mass is 241 g/mol. The Morgan fingerprint density at radius 2 is 1.78 bits per heavy atom. The molecule has 2 aromatic heterocycles. The lowest BCUT2D eigenvalue weighted by atomic mass is 10.1. The molecule has 0 unspecified atom stereocenters. The molecule has 0 radical (unpaired) electrons. The Morgan fingerprint density at radius 3 is 2.56 bits per heavy atom. The first-order valence-electron chi connectivity index (χ1n) is 5.54. The maximum absolute atomic E-state index is 12.2. The first kappa shape index (κ1) is 10.7. The summed E-state index contributed by atoms with van der Waals surface area (Å²) >= 11 is 0. The molecule has 90 valence electrons. The van der Waals surface area contributed by atoms with Gasteiger partial charge in [-0.3, -0.25) is 13.9 Å². The van der Waals surface area contributed by atoms with Gasteiger partial charge in [-0.2, -0.15) is 0 Å². The second kappa shape index (κ2) is 3.53. The van der Waals surface area contributed by atoms with Crippen LogP contribution in [0.4, 0.5) is 0 Å². The van der Waals surface area contributed by atoms with Gasteiger partial charge in [0, 0.05) is 25.7 Å².